The van der Waals surface area contributed by atoms with Crippen LogP contribution in [0, 0.1) is 5.92 Å². The Labute approximate surface area is 264 Å². The Kier molecular flexibility index (Phi) is 10.0. The number of piperidine rings is 1. The predicted molar refractivity (Wildman–Crippen MR) is 169 cm³/mol. The summed E-state index contributed by atoms with van der Waals surface area (Å²) in [6.07, 6.45) is 7.49. The molecule has 0 saturated carbocycles. The van der Waals surface area contributed by atoms with Gasteiger partial charge in [-0.3, -0.25) is 19.2 Å². The molecule has 10 heteroatoms. The fourth-order valence-electron chi connectivity index (χ4n) is 6.72. The normalized spacial score (nSPS) is 22.0. The minimum atomic E-state index is -1.91. The van der Waals surface area contributed by atoms with Gasteiger partial charge in [-0.2, -0.15) is 0 Å². The van der Waals surface area contributed by atoms with Crippen LogP contribution in [0.4, 0.5) is 11.4 Å². The number of nitrogens with zero attached hydrogens (tertiary/aromatic N) is 3. The average molecular weight is 618 g/mol. The number of anilines is 2. The Morgan fingerprint density at radius 2 is 1.89 bits per heavy atom. The van der Waals surface area contributed by atoms with Crippen LogP contribution in [0.25, 0.3) is 0 Å². The van der Waals surface area contributed by atoms with E-state index in [2.05, 4.69) is 0 Å². The standard InChI is InChI=1S/C35H43N3O7/c1-24(10-9-14-32(41)38-22-26-12-4-3-11-25(26)20-28(38)23-39)35(44)29-21-27(36-18-7-5-13-31(36)40)16-17-30(29)37(34(35)43)19-8-6-15-33(42)45-2/h3-4,9-12,16-17,21,24,28,39,44H,5-8,13-15,18-20,22-23H2,1-2H3/b10-9+/t24-,28-,35+/m0/s1. The number of rotatable bonds is 11. The van der Waals surface area contributed by atoms with E-state index in [4.69, 9.17) is 4.74 Å². The van der Waals surface area contributed by atoms with Crippen LogP contribution >= 0.6 is 0 Å². The summed E-state index contributed by atoms with van der Waals surface area (Å²) < 4.78 is 4.73. The Hall–Kier alpha value is -4.02. The number of amides is 3. The van der Waals surface area contributed by atoms with Crippen LogP contribution in [-0.4, -0.2) is 71.7 Å². The molecule has 240 valence electrons. The van der Waals surface area contributed by atoms with Crippen molar-refractivity contribution in [2.45, 2.75) is 76.5 Å². The fraction of sp³-hybridized carbons (Fsp3) is 0.486. The molecule has 0 bridgehead atoms. The van der Waals surface area contributed by atoms with E-state index >= 15 is 0 Å². The number of benzene rings is 2. The van der Waals surface area contributed by atoms with Crippen LogP contribution in [-0.2, 0) is 42.5 Å². The second kappa shape index (κ2) is 14.0. The van der Waals surface area contributed by atoms with Crippen LogP contribution in [0.15, 0.2) is 54.6 Å². The van der Waals surface area contributed by atoms with E-state index in [0.717, 1.165) is 24.0 Å². The maximum atomic E-state index is 14.0. The van der Waals surface area contributed by atoms with Gasteiger partial charge in [-0.15, -0.1) is 0 Å². The summed E-state index contributed by atoms with van der Waals surface area (Å²) in [5, 5.41) is 22.2. The number of hydrogen-bond donors (Lipinski definition) is 2. The maximum absolute atomic E-state index is 14.0. The van der Waals surface area contributed by atoms with Crippen molar-refractivity contribution in [1.82, 2.24) is 4.90 Å². The number of ether oxygens (including phenoxy) is 1. The molecule has 5 rings (SSSR count). The number of esters is 1. The van der Waals surface area contributed by atoms with Crippen LogP contribution in [0.2, 0.25) is 0 Å². The number of aliphatic hydroxyl groups excluding tert-OH is 1. The molecular formula is C35H43N3O7. The van der Waals surface area contributed by atoms with E-state index < -0.39 is 17.4 Å². The monoisotopic (exact) mass is 617 g/mol. The number of fused-ring (bicyclic) bond motifs is 2. The van der Waals surface area contributed by atoms with Gasteiger partial charge in [0.2, 0.25) is 11.8 Å². The highest BCUT2D eigenvalue weighted by Gasteiger charge is 2.52. The van der Waals surface area contributed by atoms with Crippen molar-refractivity contribution in [2.75, 3.05) is 36.6 Å². The van der Waals surface area contributed by atoms with Gasteiger partial charge in [0.1, 0.15) is 0 Å². The highest BCUT2D eigenvalue weighted by atomic mass is 16.5. The molecule has 10 nitrogen and oxygen atoms in total. The van der Waals surface area contributed by atoms with E-state index in [9.17, 15) is 29.4 Å². The first-order chi connectivity index (χ1) is 21.7. The lowest BCUT2D eigenvalue weighted by Crippen LogP contribution is -2.46. The molecule has 0 unspecified atom stereocenters. The van der Waals surface area contributed by atoms with Crippen molar-refractivity contribution < 1.29 is 34.1 Å². The largest absolute Gasteiger partial charge is 0.469 e. The molecule has 0 aromatic heterocycles. The molecule has 0 spiro atoms. The predicted octanol–water partition coefficient (Wildman–Crippen LogP) is 3.61. The van der Waals surface area contributed by atoms with Crippen LogP contribution in [0.5, 0.6) is 0 Å². The SMILES string of the molecule is COC(=O)CCCCN1C(=O)[C@@](O)([C@@H](C)/C=C/CC(=O)N2Cc3ccccc3C[C@H]2CO)c2cc(N3CCCCC3=O)ccc21. The van der Waals surface area contributed by atoms with E-state index in [-0.39, 0.29) is 43.3 Å². The third kappa shape index (κ3) is 6.53. The fourth-order valence-corrected chi connectivity index (χ4v) is 6.72. The van der Waals surface area contributed by atoms with Crippen molar-refractivity contribution in [3.63, 3.8) is 0 Å². The van der Waals surface area contributed by atoms with Gasteiger partial charge < -0.3 is 29.6 Å². The van der Waals surface area contributed by atoms with Crippen LogP contribution in [0.3, 0.4) is 0 Å². The molecule has 2 aromatic rings. The van der Waals surface area contributed by atoms with Gasteiger partial charge >= 0.3 is 5.97 Å². The number of unbranched alkanes of at least 4 members (excludes halogenated alkanes) is 1. The summed E-state index contributed by atoms with van der Waals surface area (Å²) in [6.45, 7) is 2.91. The highest BCUT2D eigenvalue weighted by Crippen LogP contribution is 2.47. The maximum Gasteiger partial charge on any atom is 0.305 e. The molecule has 3 atom stereocenters. The molecule has 3 amide bonds. The molecule has 3 aliphatic heterocycles. The molecule has 0 aliphatic carbocycles. The van der Waals surface area contributed by atoms with Gasteiger partial charge in [0.05, 0.1) is 25.4 Å². The van der Waals surface area contributed by atoms with E-state index in [1.807, 2.05) is 30.3 Å². The van der Waals surface area contributed by atoms with Gasteiger partial charge in [0, 0.05) is 56.1 Å². The lowest BCUT2D eigenvalue weighted by atomic mass is 9.82. The quantitative estimate of drug-likeness (QED) is 0.224. The number of carbonyl (C=O) groups is 4. The zero-order chi connectivity index (χ0) is 32.1. The Bertz CT molecular complexity index is 1470. The zero-order valence-electron chi connectivity index (χ0n) is 26.1. The van der Waals surface area contributed by atoms with Crippen LogP contribution in [0.1, 0.15) is 68.6 Å². The van der Waals surface area contributed by atoms with Gasteiger partial charge in [-0.1, -0.05) is 43.3 Å². The molecule has 3 heterocycles. The summed E-state index contributed by atoms with van der Waals surface area (Å²) in [7, 11) is 1.34. The van der Waals surface area contributed by atoms with E-state index in [1.54, 1.807) is 45.9 Å². The minimum absolute atomic E-state index is 0.0155. The second-order valence-corrected chi connectivity index (χ2v) is 12.2. The lowest BCUT2D eigenvalue weighted by molar-refractivity contribution is -0.140. The lowest BCUT2D eigenvalue weighted by Gasteiger charge is -2.36. The first kappa shape index (κ1) is 32.4. The summed E-state index contributed by atoms with van der Waals surface area (Å²) in [4.78, 5) is 56.5. The molecule has 2 aromatic carbocycles. The zero-order valence-corrected chi connectivity index (χ0v) is 26.1. The van der Waals surface area contributed by atoms with Crippen molar-refractivity contribution in [1.29, 1.82) is 0 Å². The van der Waals surface area contributed by atoms with Crippen molar-refractivity contribution in [3.8, 4) is 0 Å². The summed E-state index contributed by atoms with van der Waals surface area (Å²) in [5.74, 6) is -1.62. The number of methoxy groups -OCH3 is 1. The topological polar surface area (TPSA) is 128 Å². The summed E-state index contributed by atoms with van der Waals surface area (Å²) >= 11 is 0. The van der Waals surface area contributed by atoms with Crippen molar-refractivity contribution in [2.24, 2.45) is 5.92 Å². The highest BCUT2D eigenvalue weighted by molar-refractivity contribution is 6.08. The summed E-state index contributed by atoms with van der Waals surface area (Å²) in [5.41, 5.74) is 1.92. The Balaban J connectivity index is 1.36. The van der Waals surface area contributed by atoms with Gasteiger partial charge in [-0.25, -0.2) is 0 Å². The van der Waals surface area contributed by atoms with Gasteiger partial charge in [0.25, 0.3) is 5.91 Å². The second-order valence-electron chi connectivity index (χ2n) is 12.2. The van der Waals surface area contributed by atoms with Crippen LogP contribution < -0.4 is 9.80 Å². The smallest absolute Gasteiger partial charge is 0.305 e. The average Bonchev–Trinajstić information content (AvgIpc) is 3.27. The molecule has 1 fully saturated rings. The van der Waals surface area contributed by atoms with Crippen molar-refractivity contribution in [3.05, 3.63) is 71.3 Å². The number of aliphatic hydroxyl groups is 2. The van der Waals surface area contributed by atoms with Gasteiger partial charge in [-0.05, 0) is 61.4 Å². The third-order valence-electron chi connectivity index (χ3n) is 9.39. The third-order valence-corrected chi connectivity index (χ3v) is 9.39. The minimum Gasteiger partial charge on any atom is -0.469 e. The number of carbonyl (C=O) groups excluding carboxylic acids is 4. The molecular weight excluding hydrogens is 574 g/mol. The molecule has 45 heavy (non-hydrogen) atoms. The molecule has 2 N–H and O–H groups in total. The molecule has 3 aliphatic rings. The van der Waals surface area contributed by atoms with Crippen molar-refractivity contribution >= 4 is 35.1 Å². The number of hydrogen-bond acceptors (Lipinski definition) is 7. The first-order valence-corrected chi connectivity index (χ1v) is 15.9. The molecule has 1 saturated heterocycles. The van der Waals surface area contributed by atoms with E-state index in [1.165, 1.54) is 7.11 Å². The summed E-state index contributed by atoms with van der Waals surface area (Å²) in [6, 6.07) is 12.9. The van der Waals surface area contributed by atoms with Gasteiger partial charge in [0.15, 0.2) is 5.60 Å². The molecule has 0 radical (unpaired) electrons. The Morgan fingerprint density at radius 1 is 1.11 bits per heavy atom. The Morgan fingerprint density at radius 3 is 2.62 bits per heavy atom. The van der Waals surface area contributed by atoms with E-state index in [0.29, 0.717) is 62.3 Å². The first-order valence-electron chi connectivity index (χ1n) is 15.9.